The van der Waals surface area contributed by atoms with Crippen molar-refractivity contribution < 1.29 is 14.3 Å². The van der Waals surface area contributed by atoms with Gasteiger partial charge in [0.25, 0.3) is 0 Å². The number of hydrogen-bond acceptors (Lipinski definition) is 4. The Morgan fingerprint density at radius 3 is 3.00 bits per heavy atom. The Bertz CT molecular complexity index is 442. The first-order valence-corrected chi connectivity index (χ1v) is 6.62. The van der Waals surface area contributed by atoms with Crippen LogP contribution in [0.4, 0.5) is 0 Å². The normalized spacial score (nSPS) is 18.6. The quantitative estimate of drug-likeness (QED) is 0.773. The van der Waals surface area contributed by atoms with Gasteiger partial charge in [-0.2, -0.15) is 0 Å². The number of carbonyl (C=O) groups is 2. The number of esters is 1. The Balaban J connectivity index is 2.10. The molecule has 1 heterocycles. The van der Waals surface area contributed by atoms with Crippen LogP contribution in [0.3, 0.4) is 0 Å². The van der Waals surface area contributed by atoms with E-state index in [1.165, 1.54) is 0 Å². The SMILES string of the molecule is CCOC(=O)C[C@@H]1CSc2ccccc2C1=O. The van der Waals surface area contributed by atoms with Crippen LogP contribution >= 0.6 is 11.8 Å². The molecule has 0 aromatic heterocycles. The van der Waals surface area contributed by atoms with Crippen LogP contribution in [0.5, 0.6) is 0 Å². The van der Waals surface area contributed by atoms with E-state index < -0.39 is 0 Å². The summed E-state index contributed by atoms with van der Waals surface area (Å²) in [5.74, 6) is 0.196. The van der Waals surface area contributed by atoms with Gasteiger partial charge in [0.1, 0.15) is 0 Å². The minimum atomic E-state index is -0.286. The van der Waals surface area contributed by atoms with Gasteiger partial charge in [0.05, 0.1) is 13.0 Å². The van der Waals surface area contributed by atoms with Gasteiger partial charge in [0.2, 0.25) is 0 Å². The third-order valence-corrected chi connectivity index (χ3v) is 3.92. The van der Waals surface area contributed by atoms with Crippen LogP contribution in [0.15, 0.2) is 29.2 Å². The van der Waals surface area contributed by atoms with Crippen LogP contribution in [-0.2, 0) is 9.53 Å². The topological polar surface area (TPSA) is 43.4 Å². The van der Waals surface area contributed by atoms with Crippen molar-refractivity contribution in [3.05, 3.63) is 29.8 Å². The van der Waals surface area contributed by atoms with Crippen LogP contribution in [0.1, 0.15) is 23.7 Å². The molecule has 2 rings (SSSR count). The summed E-state index contributed by atoms with van der Waals surface area (Å²) in [7, 11) is 0. The van der Waals surface area contributed by atoms with Gasteiger partial charge in [0, 0.05) is 22.1 Å². The van der Waals surface area contributed by atoms with E-state index in [-0.39, 0.29) is 24.1 Å². The Morgan fingerprint density at radius 1 is 1.47 bits per heavy atom. The summed E-state index contributed by atoms with van der Waals surface area (Å²) in [5, 5.41) is 0. The molecule has 0 aliphatic carbocycles. The lowest BCUT2D eigenvalue weighted by atomic mass is 9.96. The van der Waals surface area contributed by atoms with Crippen molar-refractivity contribution >= 4 is 23.5 Å². The zero-order valence-electron chi connectivity index (χ0n) is 9.64. The lowest BCUT2D eigenvalue weighted by Gasteiger charge is -2.21. The molecule has 1 aromatic rings. The van der Waals surface area contributed by atoms with Gasteiger partial charge < -0.3 is 4.74 Å². The monoisotopic (exact) mass is 250 g/mol. The number of Topliss-reactive ketones (excluding diaryl/α,β-unsaturated/α-hetero) is 1. The Labute approximate surface area is 105 Å². The predicted octanol–water partition coefficient (Wildman–Crippen LogP) is 2.54. The van der Waals surface area contributed by atoms with Crippen LogP contribution in [0.2, 0.25) is 0 Å². The number of carbonyl (C=O) groups excluding carboxylic acids is 2. The minimum Gasteiger partial charge on any atom is -0.466 e. The van der Waals surface area contributed by atoms with Crippen molar-refractivity contribution in [2.45, 2.75) is 18.2 Å². The van der Waals surface area contributed by atoms with E-state index in [1.54, 1.807) is 18.7 Å². The number of ether oxygens (including phenoxy) is 1. The molecule has 1 aromatic carbocycles. The summed E-state index contributed by atoms with van der Waals surface area (Å²) in [6.07, 6.45) is 0.188. The fraction of sp³-hybridized carbons (Fsp3) is 0.385. The maximum atomic E-state index is 12.1. The first-order valence-electron chi connectivity index (χ1n) is 5.64. The first-order chi connectivity index (χ1) is 8.22. The highest BCUT2D eigenvalue weighted by atomic mass is 32.2. The maximum absolute atomic E-state index is 12.1. The molecule has 0 saturated heterocycles. The lowest BCUT2D eigenvalue weighted by molar-refractivity contribution is -0.143. The summed E-state index contributed by atoms with van der Waals surface area (Å²) >= 11 is 1.63. The van der Waals surface area contributed by atoms with Crippen molar-refractivity contribution in [3.8, 4) is 0 Å². The number of hydrogen-bond donors (Lipinski definition) is 0. The molecule has 90 valence electrons. The van der Waals surface area contributed by atoms with Crippen LogP contribution in [-0.4, -0.2) is 24.1 Å². The van der Waals surface area contributed by atoms with Gasteiger partial charge in [-0.15, -0.1) is 11.8 Å². The van der Waals surface area contributed by atoms with Crippen LogP contribution in [0, 0.1) is 5.92 Å². The molecular formula is C13H14O3S. The largest absolute Gasteiger partial charge is 0.466 e. The number of ketones is 1. The molecule has 0 saturated carbocycles. The molecular weight excluding hydrogens is 236 g/mol. The van der Waals surface area contributed by atoms with Crippen molar-refractivity contribution in [2.75, 3.05) is 12.4 Å². The second-order valence-electron chi connectivity index (χ2n) is 3.88. The fourth-order valence-corrected chi connectivity index (χ4v) is 3.00. The van der Waals surface area contributed by atoms with E-state index in [0.29, 0.717) is 12.4 Å². The molecule has 1 aliphatic heterocycles. The highest BCUT2D eigenvalue weighted by molar-refractivity contribution is 7.99. The summed E-state index contributed by atoms with van der Waals surface area (Å²) in [6.45, 7) is 2.13. The van der Waals surface area contributed by atoms with Gasteiger partial charge in [0.15, 0.2) is 5.78 Å². The molecule has 0 radical (unpaired) electrons. The second-order valence-corrected chi connectivity index (χ2v) is 4.94. The molecule has 3 nitrogen and oxygen atoms in total. The smallest absolute Gasteiger partial charge is 0.306 e. The number of fused-ring (bicyclic) bond motifs is 1. The molecule has 4 heteroatoms. The first kappa shape index (κ1) is 12.2. The van der Waals surface area contributed by atoms with Gasteiger partial charge in [-0.25, -0.2) is 0 Å². The van der Waals surface area contributed by atoms with E-state index in [1.807, 2.05) is 24.3 Å². The van der Waals surface area contributed by atoms with E-state index in [9.17, 15) is 9.59 Å². The highest BCUT2D eigenvalue weighted by Crippen LogP contribution is 2.33. The van der Waals surface area contributed by atoms with Gasteiger partial charge in [-0.1, -0.05) is 18.2 Å². The Hall–Kier alpha value is -1.29. The summed E-state index contributed by atoms with van der Waals surface area (Å²) in [4.78, 5) is 24.5. The third kappa shape index (κ3) is 2.69. The summed E-state index contributed by atoms with van der Waals surface area (Å²) in [5.41, 5.74) is 0.734. The van der Waals surface area contributed by atoms with E-state index in [4.69, 9.17) is 4.74 Å². The van der Waals surface area contributed by atoms with Crippen molar-refractivity contribution in [2.24, 2.45) is 5.92 Å². The fourth-order valence-electron chi connectivity index (χ4n) is 1.85. The van der Waals surface area contributed by atoms with Crippen molar-refractivity contribution in [1.29, 1.82) is 0 Å². The van der Waals surface area contributed by atoms with Gasteiger partial charge in [-0.3, -0.25) is 9.59 Å². The number of benzene rings is 1. The standard InChI is InChI=1S/C13H14O3S/c1-2-16-12(14)7-9-8-17-11-6-4-3-5-10(11)13(9)15/h3-6,9H,2,7-8H2,1H3/t9-/m1/s1. The average molecular weight is 250 g/mol. The minimum absolute atomic E-state index is 0.0624. The van der Waals surface area contributed by atoms with Gasteiger partial charge >= 0.3 is 5.97 Å². The van der Waals surface area contributed by atoms with Crippen molar-refractivity contribution in [3.63, 3.8) is 0 Å². The Morgan fingerprint density at radius 2 is 2.24 bits per heavy atom. The maximum Gasteiger partial charge on any atom is 0.306 e. The molecule has 17 heavy (non-hydrogen) atoms. The molecule has 1 aliphatic rings. The van der Waals surface area contributed by atoms with E-state index >= 15 is 0 Å². The molecule has 0 spiro atoms. The zero-order valence-corrected chi connectivity index (χ0v) is 10.5. The summed E-state index contributed by atoms with van der Waals surface area (Å²) < 4.78 is 4.88. The molecule has 0 fully saturated rings. The molecule has 0 amide bonds. The second kappa shape index (κ2) is 5.36. The van der Waals surface area contributed by atoms with Crippen LogP contribution in [0.25, 0.3) is 0 Å². The molecule has 1 atom stereocenters. The Kier molecular flexibility index (Phi) is 3.84. The third-order valence-electron chi connectivity index (χ3n) is 2.68. The van der Waals surface area contributed by atoms with E-state index in [0.717, 1.165) is 10.5 Å². The van der Waals surface area contributed by atoms with E-state index in [2.05, 4.69) is 0 Å². The van der Waals surface area contributed by atoms with Crippen molar-refractivity contribution in [1.82, 2.24) is 0 Å². The average Bonchev–Trinajstić information content (AvgIpc) is 2.33. The van der Waals surface area contributed by atoms with Gasteiger partial charge in [-0.05, 0) is 13.0 Å². The molecule has 0 N–H and O–H groups in total. The highest BCUT2D eigenvalue weighted by Gasteiger charge is 2.29. The number of thioether (sulfide) groups is 1. The lowest BCUT2D eigenvalue weighted by Crippen LogP contribution is -2.25. The summed E-state index contributed by atoms with van der Waals surface area (Å²) in [6, 6.07) is 7.54. The van der Waals surface area contributed by atoms with Crippen LogP contribution < -0.4 is 0 Å². The predicted molar refractivity (Wildman–Crippen MR) is 66.2 cm³/mol. The zero-order chi connectivity index (χ0) is 12.3. The molecule has 0 unspecified atom stereocenters. The molecule has 0 bridgehead atoms. The number of rotatable bonds is 3.